The third-order valence-electron chi connectivity index (χ3n) is 4.74. The number of anilines is 1. The molecule has 3 aromatic carbocycles. The van der Waals surface area contributed by atoms with Gasteiger partial charge in [0, 0.05) is 29.7 Å². The topological polar surface area (TPSA) is 79.9 Å². The molecule has 31 heavy (non-hydrogen) atoms. The minimum atomic E-state index is -0.214. The van der Waals surface area contributed by atoms with Crippen LogP contribution in [0.25, 0.3) is 11.1 Å². The van der Waals surface area contributed by atoms with Gasteiger partial charge < -0.3 is 10.1 Å². The largest absolute Gasteiger partial charge is 0.479 e. The molecule has 0 saturated heterocycles. The van der Waals surface area contributed by atoms with Gasteiger partial charge in [0.25, 0.3) is 5.91 Å². The molecule has 0 spiro atoms. The number of nitriles is 1. The average molecular weight is 408 g/mol. The van der Waals surface area contributed by atoms with Crippen molar-refractivity contribution in [1.29, 1.82) is 5.26 Å². The van der Waals surface area contributed by atoms with Crippen molar-refractivity contribution >= 4 is 11.6 Å². The fourth-order valence-corrected chi connectivity index (χ4v) is 3.28. The molecule has 1 aromatic heterocycles. The van der Waals surface area contributed by atoms with E-state index in [4.69, 9.17) is 10.00 Å². The second-order valence-corrected chi connectivity index (χ2v) is 6.87. The number of aromatic nitrogens is 2. The summed E-state index contributed by atoms with van der Waals surface area (Å²) in [4.78, 5) is 13.0. The van der Waals surface area contributed by atoms with Crippen LogP contribution in [0.15, 0.2) is 91.3 Å². The summed E-state index contributed by atoms with van der Waals surface area (Å²) < 4.78 is 7.17. The van der Waals surface area contributed by atoms with E-state index < -0.39 is 0 Å². The van der Waals surface area contributed by atoms with Gasteiger partial charge in [0.15, 0.2) is 6.61 Å². The summed E-state index contributed by atoms with van der Waals surface area (Å²) in [5, 5.41) is 15.8. The molecule has 1 amide bonds. The first-order valence-electron chi connectivity index (χ1n) is 9.80. The lowest BCUT2D eigenvalue weighted by molar-refractivity contribution is 0.102. The molecule has 0 radical (unpaired) electrons. The number of carbonyl (C=O) groups excluding carboxylic acids is 1. The monoisotopic (exact) mass is 408 g/mol. The van der Waals surface area contributed by atoms with Crippen molar-refractivity contribution in [3.8, 4) is 22.9 Å². The van der Waals surface area contributed by atoms with Gasteiger partial charge >= 0.3 is 0 Å². The molecule has 0 aliphatic carbocycles. The number of hydrogen-bond donors (Lipinski definition) is 1. The van der Waals surface area contributed by atoms with Crippen LogP contribution in [0.4, 0.5) is 5.69 Å². The van der Waals surface area contributed by atoms with Crippen molar-refractivity contribution in [3.63, 3.8) is 0 Å². The fourth-order valence-electron chi connectivity index (χ4n) is 3.28. The smallest absolute Gasteiger partial charge is 0.256 e. The number of ether oxygens (including phenoxy) is 1. The van der Waals surface area contributed by atoms with Crippen molar-refractivity contribution in [3.05, 3.63) is 102 Å². The van der Waals surface area contributed by atoms with Gasteiger partial charge in [0.1, 0.15) is 11.8 Å². The molecule has 1 heterocycles. The SMILES string of the molecule is N#CCOc1cccc(NC(=O)c2ccccc2-c2ccc(Cn3cccn3)cc2)c1. The number of rotatable bonds is 7. The zero-order valence-electron chi connectivity index (χ0n) is 16.7. The number of nitrogens with one attached hydrogen (secondary N) is 1. The van der Waals surface area contributed by atoms with Crippen LogP contribution < -0.4 is 10.1 Å². The van der Waals surface area contributed by atoms with Gasteiger partial charge in [0.2, 0.25) is 0 Å². The molecular formula is C25H20N4O2. The number of amides is 1. The zero-order valence-corrected chi connectivity index (χ0v) is 16.7. The van der Waals surface area contributed by atoms with Crippen LogP contribution in [0.1, 0.15) is 15.9 Å². The first-order chi connectivity index (χ1) is 15.2. The highest BCUT2D eigenvalue weighted by molar-refractivity contribution is 6.08. The summed E-state index contributed by atoms with van der Waals surface area (Å²) in [5.41, 5.74) is 4.11. The van der Waals surface area contributed by atoms with E-state index in [-0.39, 0.29) is 12.5 Å². The molecule has 1 N–H and O–H groups in total. The van der Waals surface area contributed by atoms with Crippen LogP contribution in [0.5, 0.6) is 5.75 Å². The molecule has 152 valence electrons. The Balaban J connectivity index is 1.53. The maximum atomic E-state index is 13.0. The molecule has 0 fully saturated rings. The summed E-state index contributed by atoms with van der Waals surface area (Å²) in [7, 11) is 0. The number of hydrogen-bond acceptors (Lipinski definition) is 4. The summed E-state index contributed by atoms with van der Waals surface area (Å²) in [6.45, 7) is 0.649. The van der Waals surface area contributed by atoms with Gasteiger partial charge in [-0.05, 0) is 41.0 Å². The Labute approximate surface area is 180 Å². The first kappa shape index (κ1) is 19.9. The third kappa shape index (κ3) is 4.98. The lowest BCUT2D eigenvalue weighted by Gasteiger charge is -2.12. The normalized spacial score (nSPS) is 10.3. The van der Waals surface area contributed by atoms with Crippen molar-refractivity contribution in [2.24, 2.45) is 0 Å². The standard InChI is InChI=1S/C25H20N4O2/c26-13-16-31-22-6-3-5-21(17-22)28-25(30)24-8-2-1-7-23(24)20-11-9-19(10-12-20)18-29-15-4-14-27-29/h1-12,14-15,17H,16,18H2,(H,28,30). The predicted octanol–water partition coefficient (Wildman–Crippen LogP) is 4.75. The van der Waals surface area contributed by atoms with Crippen LogP contribution in [-0.4, -0.2) is 22.3 Å². The van der Waals surface area contributed by atoms with E-state index in [9.17, 15) is 4.79 Å². The van der Waals surface area contributed by atoms with Crippen LogP contribution in [0.3, 0.4) is 0 Å². The molecule has 6 heteroatoms. The summed E-state index contributed by atoms with van der Waals surface area (Å²) in [6.07, 6.45) is 3.68. The Morgan fingerprint density at radius 3 is 2.65 bits per heavy atom. The van der Waals surface area contributed by atoms with E-state index in [0.717, 1.165) is 16.7 Å². The molecule has 0 saturated carbocycles. The molecule has 0 aliphatic rings. The van der Waals surface area contributed by atoms with Crippen LogP contribution in [0.2, 0.25) is 0 Å². The predicted molar refractivity (Wildman–Crippen MR) is 119 cm³/mol. The fraction of sp³-hybridized carbons (Fsp3) is 0.0800. The molecule has 0 unspecified atom stereocenters. The highest BCUT2D eigenvalue weighted by atomic mass is 16.5. The molecule has 0 bridgehead atoms. The maximum Gasteiger partial charge on any atom is 0.256 e. The molecule has 6 nitrogen and oxygen atoms in total. The minimum Gasteiger partial charge on any atom is -0.479 e. The zero-order chi connectivity index (χ0) is 21.5. The van der Waals surface area contributed by atoms with Crippen molar-refractivity contribution < 1.29 is 9.53 Å². The van der Waals surface area contributed by atoms with E-state index in [1.165, 1.54) is 0 Å². The molecule has 4 rings (SSSR count). The first-order valence-corrected chi connectivity index (χ1v) is 9.80. The van der Waals surface area contributed by atoms with Crippen LogP contribution in [0, 0.1) is 11.3 Å². The van der Waals surface area contributed by atoms with Gasteiger partial charge in [-0.3, -0.25) is 9.48 Å². The lowest BCUT2D eigenvalue weighted by Crippen LogP contribution is -2.13. The Hall–Kier alpha value is -4.37. The number of nitrogens with zero attached hydrogens (tertiary/aromatic N) is 3. The van der Waals surface area contributed by atoms with Crippen molar-refractivity contribution in [2.45, 2.75) is 6.54 Å². The Bertz CT molecular complexity index is 1210. The molecule has 0 aliphatic heterocycles. The highest BCUT2D eigenvalue weighted by Crippen LogP contribution is 2.26. The van der Waals surface area contributed by atoms with Crippen molar-refractivity contribution in [1.82, 2.24) is 9.78 Å². The second kappa shape index (κ2) is 9.42. The average Bonchev–Trinajstić information content (AvgIpc) is 3.31. The maximum absolute atomic E-state index is 13.0. The quantitative estimate of drug-likeness (QED) is 0.478. The van der Waals surface area contributed by atoms with Gasteiger partial charge in [-0.2, -0.15) is 10.4 Å². The summed E-state index contributed by atoms with van der Waals surface area (Å²) in [6, 6.07) is 26.4. The van der Waals surface area contributed by atoms with Gasteiger partial charge in [-0.1, -0.05) is 48.5 Å². The van der Waals surface area contributed by atoms with E-state index >= 15 is 0 Å². The van der Waals surface area contributed by atoms with Crippen LogP contribution >= 0.6 is 0 Å². The second-order valence-electron chi connectivity index (χ2n) is 6.87. The summed E-state index contributed by atoms with van der Waals surface area (Å²) in [5.74, 6) is 0.314. The number of benzene rings is 3. The van der Waals surface area contributed by atoms with E-state index in [1.807, 2.05) is 65.5 Å². The molecule has 0 atom stereocenters. The van der Waals surface area contributed by atoms with Gasteiger partial charge in [-0.25, -0.2) is 0 Å². The van der Waals surface area contributed by atoms with Gasteiger partial charge in [-0.15, -0.1) is 0 Å². The molecular weight excluding hydrogens is 388 g/mol. The summed E-state index contributed by atoms with van der Waals surface area (Å²) >= 11 is 0. The Kier molecular flexibility index (Phi) is 6.05. The number of carbonyl (C=O) groups is 1. The minimum absolute atomic E-state index is 0.0450. The lowest BCUT2D eigenvalue weighted by atomic mass is 9.98. The van der Waals surface area contributed by atoms with Gasteiger partial charge in [0.05, 0.1) is 6.54 Å². The highest BCUT2D eigenvalue weighted by Gasteiger charge is 2.13. The van der Waals surface area contributed by atoms with Crippen molar-refractivity contribution in [2.75, 3.05) is 11.9 Å². The van der Waals surface area contributed by atoms with E-state index in [1.54, 1.807) is 36.5 Å². The van der Waals surface area contributed by atoms with Crippen LogP contribution in [-0.2, 0) is 6.54 Å². The Morgan fingerprint density at radius 1 is 1.03 bits per heavy atom. The Morgan fingerprint density at radius 2 is 1.87 bits per heavy atom. The molecule has 4 aromatic rings. The van der Waals surface area contributed by atoms with E-state index in [2.05, 4.69) is 10.4 Å². The van der Waals surface area contributed by atoms with E-state index in [0.29, 0.717) is 23.5 Å². The third-order valence-corrected chi connectivity index (χ3v) is 4.74.